The summed E-state index contributed by atoms with van der Waals surface area (Å²) in [5.74, 6) is 0. The number of nitrogens with one attached hydrogen (secondary N) is 1. The van der Waals surface area contributed by atoms with Gasteiger partial charge in [0.15, 0.2) is 0 Å². The van der Waals surface area contributed by atoms with Crippen LogP contribution in [0.1, 0.15) is 44.8 Å². The van der Waals surface area contributed by atoms with Gasteiger partial charge in [0.1, 0.15) is 6.33 Å². The fourth-order valence-electron chi connectivity index (χ4n) is 3.17. The van der Waals surface area contributed by atoms with Crippen molar-refractivity contribution >= 4 is 15.7 Å². The van der Waals surface area contributed by atoms with Crippen molar-refractivity contribution in [3.05, 3.63) is 54.0 Å². The lowest BCUT2D eigenvalue weighted by Crippen LogP contribution is -2.13. The van der Waals surface area contributed by atoms with Crippen LogP contribution in [0.25, 0.3) is 22.4 Å². The van der Waals surface area contributed by atoms with Gasteiger partial charge in [0.25, 0.3) is 0 Å². The lowest BCUT2D eigenvalue weighted by molar-refractivity contribution is 0.569. The second-order valence-corrected chi connectivity index (χ2v) is 10.1. The second kappa shape index (κ2) is 8.10. The minimum atomic E-state index is -3.43. The quantitative estimate of drug-likeness (QED) is 0.660. The Morgan fingerprint density at radius 2 is 1.77 bits per heavy atom. The number of aryl methyl sites for hydroxylation is 2. The van der Waals surface area contributed by atoms with Crippen molar-refractivity contribution in [3.8, 4) is 22.4 Å². The van der Waals surface area contributed by atoms with Gasteiger partial charge in [0.05, 0.1) is 29.0 Å². The molecule has 1 N–H and O–H groups in total. The van der Waals surface area contributed by atoms with E-state index in [4.69, 9.17) is 0 Å². The minimum Gasteiger partial charge on any atom is -0.282 e. The van der Waals surface area contributed by atoms with E-state index in [2.05, 4.69) is 45.4 Å². The Bertz CT molecular complexity index is 1180. The standard InChI is InChI=1S/C22H27N5O2S/c1-7-17-20(16-10-18(14(2)24-12-16)27-30(6,28)29)21(26-13-25-17)15-8-9-23-19(11-15)22(3,4)5/h8-13,27H,7H2,1-6H3. The summed E-state index contributed by atoms with van der Waals surface area (Å²) in [6.45, 7) is 10.1. The first kappa shape index (κ1) is 21.8. The maximum atomic E-state index is 11.8. The Morgan fingerprint density at radius 1 is 1.03 bits per heavy atom. The Morgan fingerprint density at radius 3 is 2.40 bits per heavy atom. The molecule has 0 saturated carbocycles. The van der Waals surface area contributed by atoms with Crippen LogP contribution < -0.4 is 4.72 Å². The lowest BCUT2D eigenvalue weighted by Gasteiger charge is -2.19. The Labute approximate surface area is 178 Å². The first-order valence-corrected chi connectivity index (χ1v) is 11.6. The van der Waals surface area contributed by atoms with Gasteiger partial charge >= 0.3 is 0 Å². The molecule has 0 aliphatic heterocycles. The zero-order chi connectivity index (χ0) is 22.1. The fraction of sp³-hybridized carbons (Fsp3) is 0.364. The number of sulfonamides is 1. The molecule has 3 rings (SSSR count). The van der Waals surface area contributed by atoms with Gasteiger partial charge < -0.3 is 0 Å². The summed E-state index contributed by atoms with van der Waals surface area (Å²) >= 11 is 0. The van der Waals surface area contributed by atoms with Crippen molar-refractivity contribution in [2.75, 3.05) is 11.0 Å². The van der Waals surface area contributed by atoms with Crippen LogP contribution in [0.4, 0.5) is 5.69 Å². The van der Waals surface area contributed by atoms with Gasteiger partial charge in [-0.05, 0) is 31.5 Å². The van der Waals surface area contributed by atoms with Crippen LogP contribution >= 0.6 is 0 Å². The van der Waals surface area contributed by atoms with Crippen LogP contribution in [0, 0.1) is 6.92 Å². The summed E-state index contributed by atoms with van der Waals surface area (Å²) in [6, 6.07) is 5.76. The molecule has 0 atom stereocenters. The van der Waals surface area contributed by atoms with Gasteiger partial charge in [-0.1, -0.05) is 27.7 Å². The van der Waals surface area contributed by atoms with Crippen LogP contribution in [0.5, 0.6) is 0 Å². The summed E-state index contributed by atoms with van der Waals surface area (Å²) < 4.78 is 26.1. The number of hydrogen-bond donors (Lipinski definition) is 1. The highest BCUT2D eigenvalue weighted by Gasteiger charge is 2.20. The molecular weight excluding hydrogens is 398 g/mol. The predicted octanol–water partition coefficient (Wildman–Crippen LogP) is 4.14. The van der Waals surface area contributed by atoms with Crippen molar-refractivity contribution < 1.29 is 8.42 Å². The van der Waals surface area contributed by atoms with Crippen molar-refractivity contribution in [2.24, 2.45) is 0 Å². The normalized spacial score (nSPS) is 12.1. The summed E-state index contributed by atoms with van der Waals surface area (Å²) in [5.41, 5.74) is 6.06. The summed E-state index contributed by atoms with van der Waals surface area (Å²) in [5, 5.41) is 0. The smallest absolute Gasteiger partial charge is 0.229 e. The molecule has 0 aliphatic carbocycles. The van der Waals surface area contributed by atoms with Gasteiger partial charge in [0, 0.05) is 40.2 Å². The first-order chi connectivity index (χ1) is 14.0. The molecule has 8 heteroatoms. The van der Waals surface area contributed by atoms with Gasteiger partial charge in [-0.25, -0.2) is 18.4 Å². The third-order valence-corrected chi connectivity index (χ3v) is 5.32. The zero-order valence-electron chi connectivity index (χ0n) is 18.2. The number of aromatic nitrogens is 4. The predicted molar refractivity (Wildman–Crippen MR) is 120 cm³/mol. The zero-order valence-corrected chi connectivity index (χ0v) is 19.0. The lowest BCUT2D eigenvalue weighted by atomic mass is 9.89. The average Bonchev–Trinajstić information content (AvgIpc) is 2.67. The van der Waals surface area contributed by atoms with E-state index in [0.717, 1.165) is 40.0 Å². The molecule has 0 spiro atoms. The Kier molecular flexibility index (Phi) is 5.90. The minimum absolute atomic E-state index is 0.102. The number of pyridine rings is 2. The summed E-state index contributed by atoms with van der Waals surface area (Å²) in [7, 11) is -3.43. The van der Waals surface area contributed by atoms with E-state index in [-0.39, 0.29) is 5.41 Å². The van der Waals surface area contributed by atoms with E-state index in [0.29, 0.717) is 17.8 Å². The van der Waals surface area contributed by atoms with Crippen LogP contribution in [0.2, 0.25) is 0 Å². The van der Waals surface area contributed by atoms with Crippen LogP contribution in [-0.4, -0.2) is 34.6 Å². The molecule has 0 amide bonds. The average molecular weight is 426 g/mol. The molecule has 7 nitrogen and oxygen atoms in total. The van der Waals surface area contributed by atoms with Crippen LogP contribution in [0.3, 0.4) is 0 Å². The Hall–Kier alpha value is -2.87. The molecule has 0 aromatic carbocycles. The molecule has 30 heavy (non-hydrogen) atoms. The molecule has 0 aliphatic rings. The van der Waals surface area contributed by atoms with E-state index in [1.165, 1.54) is 0 Å². The molecular formula is C22H27N5O2S. The van der Waals surface area contributed by atoms with E-state index in [1.54, 1.807) is 31.7 Å². The number of rotatable bonds is 5. The second-order valence-electron chi connectivity index (χ2n) is 8.31. The van der Waals surface area contributed by atoms with Gasteiger partial charge in [0.2, 0.25) is 10.0 Å². The van der Waals surface area contributed by atoms with Crippen molar-refractivity contribution in [3.63, 3.8) is 0 Å². The monoisotopic (exact) mass is 425 g/mol. The highest BCUT2D eigenvalue weighted by Crippen LogP contribution is 2.35. The van der Waals surface area contributed by atoms with Crippen LogP contribution in [-0.2, 0) is 21.9 Å². The molecule has 3 heterocycles. The number of nitrogens with zero attached hydrogens (tertiary/aromatic N) is 4. The van der Waals surface area contributed by atoms with E-state index in [1.807, 2.05) is 19.1 Å². The van der Waals surface area contributed by atoms with Crippen molar-refractivity contribution in [1.29, 1.82) is 0 Å². The largest absolute Gasteiger partial charge is 0.282 e. The van der Waals surface area contributed by atoms with Gasteiger partial charge in [-0.15, -0.1) is 0 Å². The van der Waals surface area contributed by atoms with Gasteiger partial charge in [-0.2, -0.15) is 0 Å². The molecule has 0 radical (unpaired) electrons. The molecule has 0 bridgehead atoms. The maximum absolute atomic E-state index is 11.8. The topological polar surface area (TPSA) is 97.7 Å². The van der Waals surface area contributed by atoms with E-state index >= 15 is 0 Å². The highest BCUT2D eigenvalue weighted by molar-refractivity contribution is 7.92. The Balaban J connectivity index is 2.24. The summed E-state index contributed by atoms with van der Waals surface area (Å²) in [6.07, 6.45) is 6.91. The third-order valence-electron chi connectivity index (χ3n) is 4.73. The molecule has 0 saturated heterocycles. The van der Waals surface area contributed by atoms with E-state index in [9.17, 15) is 8.42 Å². The SMILES string of the molecule is CCc1ncnc(-c2ccnc(C(C)(C)C)c2)c1-c1cnc(C)c(NS(C)(=O)=O)c1. The summed E-state index contributed by atoms with van der Waals surface area (Å²) in [4.78, 5) is 18.0. The molecule has 3 aromatic rings. The van der Waals surface area contributed by atoms with Crippen LogP contribution in [0.15, 0.2) is 36.9 Å². The fourth-order valence-corrected chi connectivity index (χ4v) is 3.78. The van der Waals surface area contributed by atoms with E-state index < -0.39 is 10.0 Å². The van der Waals surface area contributed by atoms with Gasteiger partial charge in [-0.3, -0.25) is 14.7 Å². The molecule has 3 aromatic heterocycles. The number of anilines is 1. The van der Waals surface area contributed by atoms with Crippen molar-refractivity contribution in [2.45, 2.75) is 46.5 Å². The highest BCUT2D eigenvalue weighted by atomic mass is 32.2. The number of hydrogen-bond acceptors (Lipinski definition) is 6. The third kappa shape index (κ3) is 4.81. The molecule has 158 valence electrons. The van der Waals surface area contributed by atoms with Crippen molar-refractivity contribution in [1.82, 2.24) is 19.9 Å². The molecule has 0 unspecified atom stereocenters. The molecule has 0 fully saturated rings. The maximum Gasteiger partial charge on any atom is 0.229 e. The first-order valence-electron chi connectivity index (χ1n) is 9.75.